The van der Waals surface area contributed by atoms with Crippen LogP contribution in [0.15, 0.2) is 117 Å². The molecule has 0 N–H and O–H groups in total. The van der Waals surface area contributed by atoms with E-state index in [1.165, 1.54) is 11.8 Å². The van der Waals surface area contributed by atoms with Gasteiger partial charge >= 0.3 is 0 Å². The minimum absolute atomic E-state index is 0.156. The van der Waals surface area contributed by atoms with E-state index in [0.29, 0.717) is 22.4 Å². The van der Waals surface area contributed by atoms with Crippen LogP contribution in [-0.4, -0.2) is 36.3 Å². The minimum atomic E-state index is -0.156. The van der Waals surface area contributed by atoms with Crippen LogP contribution in [0.2, 0.25) is 0 Å². The van der Waals surface area contributed by atoms with Crippen molar-refractivity contribution in [3.63, 3.8) is 0 Å². The molecular weight excluding hydrogens is 508 g/mol. The molecule has 0 radical (unpaired) electrons. The maximum Gasteiger partial charge on any atom is 0.267 e. The fourth-order valence-corrected chi connectivity index (χ4v) is 4.81. The first kappa shape index (κ1) is 26.1. The molecule has 0 bridgehead atoms. The fraction of sp³-hybridized carbons (Fsp3) is 0.129. The molecule has 8 heteroatoms. The Kier molecular flexibility index (Phi) is 8.23. The highest BCUT2D eigenvalue weighted by atomic mass is 32.2. The first-order valence-electron chi connectivity index (χ1n) is 12.4. The van der Waals surface area contributed by atoms with Crippen molar-refractivity contribution in [1.29, 1.82) is 0 Å². The van der Waals surface area contributed by atoms with Gasteiger partial charge in [0.25, 0.3) is 5.91 Å². The number of rotatable bonds is 9. The molecule has 0 atom stereocenters. The van der Waals surface area contributed by atoms with E-state index in [2.05, 4.69) is 10.2 Å². The quantitative estimate of drug-likeness (QED) is 0.140. The van der Waals surface area contributed by atoms with Crippen LogP contribution >= 0.6 is 11.8 Å². The largest absolute Gasteiger partial charge is 0.489 e. The van der Waals surface area contributed by atoms with Crippen molar-refractivity contribution in [2.45, 2.75) is 13.2 Å². The molecule has 5 rings (SSSR count). The Morgan fingerprint density at radius 3 is 2.51 bits per heavy atom. The average molecular weight is 537 g/mol. The van der Waals surface area contributed by atoms with Gasteiger partial charge in [-0.2, -0.15) is 5.10 Å². The monoisotopic (exact) mass is 536 g/mol. The van der Waals surface area contributed by atoms with E-state index >= 15 is 0 Å². The first-order chi connectivity index (χ1) is 19.0. The normalized spacial score (nSPS) is 15.5. The lowest BCUT2D eigenvalue weighted by Gasteiger charge is -2.12. The van der Waals surface area contributed by atoms with Crippen molar-refractivity contribution in [3.8, 4) is 5.75 Å². The number of anilines is 1. The molecule has 0 spiro atoms. The van der Waals surface area contributed by atoms with E-state index in [0.717, 1.165) is 28.1 Å². The lowest BCUT2D eigenvalue weighted by atomic mass is 10.2. The summed E-state index contributed by atoms with van der Waals surface area (Å²) in [6.45, 7) is 0.737. The molecule has 39 heavy (non-hydrogen) atoms. The molecule has 0 saturated carbocycles. The molecule has 1 saturated heterocycles. The number of amidine groups is 1. The Bertz CT molecular complexity index is 1490. The van der Waals surface area contributed by atoms with E-state index < -0.39 is 0 Å². The van der Waals surface area contributed by atoms with Crippen LogP contribution in [-0.2, 0) is 17.9 Å². The number of furan rings is 1. The number of carbonyl (C=O) groups is 1. The summed E-state index contributed by atoms with van der Waals surface area (Å²) in [7, 11) is 3.99. The molecule has 1 fully saturated rings. The molecule has 0 aliphatic carbocycles. The van der Waals surface area contributed by atoms with Crippen molar-refractivity contribution in [2.75, 3.05) is 19.0 Å². The van der Waals surface area contributed by atoms with Crippen LogP contribution in [0.4, 0.5) is 5.69 Å². The lowest BCUT2D eigenvalue weighted by molar-refractivity contribution is -0.122. The number of thioether (sulfide) groups is 1. The Labute approximate surface area is 232 Å². The number of carbonyl (C=O) groups excluding carboxylic acids is 1. The number of nitrogens with zero attached hydrogens (tertiary/aromatic N) is 4. The molecular formula is C31H28N4O3S. The highest BCUT2D eigenvalue weighted by Gasteiger charge is 2.34. The molecule has 196 valence electrons. The van der Waals surface area contributed by atoms with Gasteiger partial charge in [-0.25, -0.2) is 0 Å². The SMILES string of the molecule is CN(C)c1ccc(/C=N/N=C2\S/C(=C\c3cccc(OCc4ccccc4)c3)C(=O)N2Cc2ccco2)cc1. The van der Waals surface area contributed by atoms with Gasteiger partial charge in [0.05, 0.1) is 23.9 Å². The molecule has 1 amide bonds. The Balaban J connectivity index is 1.35. The van der Waals surface area contributed by atoms with Gasteiger partial charge < -0.3 is 14.1 Å². The molecule has 7 nitrogen and oxygen atoms in total. The van der Waals surface area contributed by atoms with Crippen LogP contribution in [0, 0.1) is 0 Å². The molecule has 1 aliphatic heterocycles. The summed E-state index contributed by atoms with van der Waals surface area (Å²) in [6, 6.07) is 29.3. The minimum Gasteiger partial charge on any atom is -0.489 e. The second-order valence-corrected chi connectivity index (χ2v) is 10.1. The number of ether oxygens (including phenoxy) is 1. The Hall–Kier alpha value is -4.56. The van der Waals surface area contributed by atoms with Gasteiger partial charge in [-0.15, -0.1) is 5.10 Å². The second kappa shape index (κ2) is 12.3. The van der Waals surface area contributed by atoms with Gasteiger partial charge in [-0.3, -0.25) is 9.69 Å². The zero-order chi connectivity index (χ0) is 27.0. The summed E-state index contributed by atoms with van der Waals surface area (Å²) < 4.78 is 11.5. The number of hydrogen-bond donors (Lipinski definition) is 0. The number of benzene rings is 3. The highest BCUT2D eigenvalue weighted by Crippen LogP contribution is 2.34. The van der Waals surface area contributed by atoms with Gasteiger partial charge in [0.1, 0.15) is 18.1 Å². The third-order valence-electron chi connectivity index (χ3n) is 5.95. The van der Waals surface area contributed by atoms with Crippen LogP contribution < -0.4 is 9.64 Å². The zero-order valence-electron chi connectivity index (χ0n) is 21.7. The van der Waals surface area contributed by atoms with Crippen molar-refractivity contribution in [2.24, 2.45) is 10.2 Å². The summed E-state index contributed by atoms with van der Waals surface area (Å²) >= 11 is 1.29. The molecule has 1 aromatic heterocycles. The van der Waals surface area contributed by atoms with E-state index in [9.17, 15) is 4.79 Å². The molecule has 4 aromatic rings. The predicted molar refractivity (Wildman–Crippen MR) is 158 cm³/mol. The van der Waals surface area contributed by atoms with E-state index in [1.54, 1.807) is 23.4 Å². The van der Waals surface area contributed by atoms with Crippen LogP contribution in [0.1, 0.15) is 22.5 Å². The van der Waals surface area contributed by atoms with E-state index in [4.69, 9.17) is 9.15 Å². The van der Waals surface area contributed by atoms with Crippen LogP contribution in [0.25, 0.3) is 6.08 Å². The predicted octanol–water partition coefficient (Wildman–Crippen LogP) is 6.43. The third-order valence-corrected chi connectivity index (χ3v) is 6.94. The van der Waals surface area contributed by atoms with Crippen molar-refractivity contribution >= 4 is 40.8 Å². The van der Waals surface area contributed by atoms with Crippen molar-refractivity contribution in [3.05, 3.63) is 125 Å². The summed E-state index contributed by atoms with van der Waals surface area (Å²) in [4.78, 5) is 17.6. The number of amides is 1. The molecule has 1 aliphatic rings. The zero-order valence-corrected chi connectivity index (χ0v) is 22.5. The first-order valence-corrected chi connectivity index (χ1v) is 13.3. The number of hydrogen-bond acceptors (Lipinski definition) is 7. The average Bonchev–Trinajstić information content (AvgIpc) is 3.57. The summed E-state index contributed by atoms with van der Waals surface area (Å²) in [5, 5.41) is 9.16. The lowest BCUT2D eigenvalue weighted by Crippen LogP contribution is -2.28. The van der Waals surface area contributed by atoms with Crippen LogP contribution in [0.5, 0.6) is 5.75 Å². The van der Waals surface area contributed by atoms with E-state index in [-0.39, 0.29) is 12.5 Å². The van der Waals surface area contributed by atoms with Gasteiger partial charge in [-0.1, -0.05) is 54.6 Å². The summed E-state index contributed by atoms with van der Waals surface area (Å²) in [5.41, 5.74) is 3.97. The van der Waals surface area contributed by atoms with Crippen molar-refractivity contribution in [1.82, 2.24) is 4.90 Å². The van der Waals surface area contributed by atoms with Crippen LogP contribution in [0.3, 0.4) is 0 Å². The van der Waals surface area contributed by atoms with Gasteiger partial charge in [-0.05, 0) is 70.9 Å². The maximum absolute atomic E-state index is 13.4. The fourth-order valence-electron chi connectivity index (χ4n) is 3.87. The third kappa shape index (κ3) is 6.86. The van der Waals surface area contributed by atoms with Gasteiger partial charge in [0.15, 0.2) is 5.17 Å². The smallest absolute Gasteiger partial charge is 0.267 e. The Morgan fingerprint density at radius 1 is 0.949 bits per heavy atom. The standard InChI is InChI=1S/C31H28N4O3S/c1-34(2)26-15-13-23(14-16-26)20-32-33-31-35(21-28-12-7-17-37-28)30(36)29(39-31)19-25-10-6-11-27(18-25)38-22-24-8-4-3-5-9-24/h3-20H,21-22H2,1-2H3/b29-19-,32-20+,33-31-. The summed E-state index contributed by atoms with van der Waals surface area (Å²) in [5.74, 6) is 1.24. The second-order valence-electron chi connectivity index (χ2n) is 9.04. The molecule has 2 heterocycles. The van der Waals surface area contributed by atoms with Gasteiger partial charge in [0.2, 0.25) is 0 Å². The topological polar surface area (TPSA) is 70.6 Å². The summed E-state index contributed by atoms with van der Waals surface area (Å²) in [6.07, 6.45) is 5.12. The Morgan fingerprint density at radius 2 is 1.77 bits per heavy atom. The van der Waals surface area contributed by atoms with E-state index in [1.807, 2.05) is 110 Å². The highest BCUT2D eigenvalue weighted by molar-refractivity contribution is 8.18. The molecule has 0 unspecified atom stereocenters. The van der Waals surface area contributed by atoms with Gasteiger partial charge in [0, 0.05) is 19.8 Å². The maximum atomic E-state index is 13.4. The molecule has 3 aromatic carbocycles. The van der Waals surface area contributed by atoms with Crippen molar-refractivity contribution < 1.29 is 13.9 Å².